The molecule has 0 bridgehead atoms. The van der Waals surface area contributed by atoms with E-state index in [4.69, 9.17) is 0 Å². The molecule has 1 aromatic carbocycles. The van der Waals surface area contributed by atoms with Gasteiger partial charge in [0.1, 0.15) is 0 Å². The van der Waals surface area contributed by atoms with Crippen molar-refractivity contribution in [3.05, 3.63) is 41.2 Å². The minimum Gasteiger partial charge on any atom is -0.321 e. The number of nitrogens with zero attached hydrogens (tertiary/aromatic N) is 2. The highest BCUT2D eigenvalue weighted by Crippen LogP contribution is 2.14. The Kier molecular flexibility index (Phi) is 2.68. The summed E-state index contributed by atoms with van der Waals surface area (Å²) in [5.41, 5.74) is 3.37. The summed E-state index contributed by atoms with van der Waals surface area (Å²) in [6.07, 6.45) is 1.39. The van der Waals surface area contributed by atoms with Crippen LogP contribution in [-0.4, -0.2) is 21.3 Å². The highest BCUT2D eigenvalue weighted by molar-refractivity contribution is 6.02. The lowest BCUT2D eigenvalue weighted by atomic mass is 10.1. The molecule has 2 rings (SSSR count). The molecule has 0 saturated heterocycles. The molecule has 5 nitrogen and oxygen atoms in total. The molecule has 0 radical (unpaired) electrons. The van der Waals surface area contributed by atoms with Crippen LogP contribution in [0.4, 0.5) is 5.69 Å². The van der Waals surface area contributed by atoms with Gasteiger partial charge in [0, 0.05) is 5.69 Å². The third-order valence-corrected chi connectivity index (χ3v) is 2.41. The molecule has 16 heavy (non-hydrogen) atoms. The molecule has 0 aliphatic heterocycles. The number of hydrogen-bond donors (Lipinski definition) is 2. The van der Waals surface area contributed by atoms with Crippen molar-refractivity contribution in [3.63, 3.8) is 0 Å². The number of carbonyl (C=O) groups excluding carboxylic acids is 1. The van der Waals surface area contributed by atoms with Crippen molar-refractivity contribution in [3.8, 4) is 0 Å². The monoisotopic (exact) mass is 216 g/mol. The van der Waals surface area contributed by atoms with Crippen LogP contribution in [0.1, 0.15) is 21.6 Å². The topological polar surface area (TPSA) is 70.7 Å². The fourth-order valence-electron chi connectivity index (χ4n) is 1.33. The number of H-pyrrole nitrogens is 1. The lowest BCUT2D eigenvalue weighted by molar-refractivity contribution is 0.102. The summed E-state index contributed by atoms with van der Waals surface area (Å²) in [6.45, 7) is 4.03. The van der Waals surface area contributed by atoms with Crippen molar-refractivity contribution in [2.45, 2.75) is 13.8 Å². The first-order valence-electron chi connectivity index (χ1n) is 4.91. The van der Waals surface area contributed by atoms with Crippen LogP contribution >= 0.6 is 0 Å². The van der Waals surface area contributed by atoms with Gasteiger partial charge in [-0.3, -0.25) is 4.79 Å². The molecule has 82 valence electrons. The van der Waals surface area contributed by atoms with E-state index in [2.05, 4.69) is 20.7 Å². The number of nitrogens with one attached hydrogen (secondary N) is 2. The second kappa shape index (κ2) is 4.14. The van der Waals surface area contributed by atoms with E-state index in [0.29, 0.717) is 0 Å². The first kappa shape index (κ1) is 10.4. The number of benzene rings is 1. The predicted molar refractivity (Wildman–Crippen MR) is 60.3 cm³/mol. The highest BCUT2D eigenvalue weighted by atomic mass is 16.2. The zero-order valence-corrected chi connectivity index (χ0v) is 9.11. The van der Waals surface area contributed by atoms with Crippen LogP contribution in [0.3, 0.4) is 0 Å². The van der Waals surface area contributed by atoms with Gasteiger partial charge in [0.25, 0.3) is 5.91 Å². The lowest BCUT2D eigenvalue weighted by Crippen LogP contribution is -2.12. The molecule has 5 heteroatoms. The summed E-state index contributed by atoms with van der Waals surface area (Å²) >= 11 is 0. The minimum absolute atomic E-state index is 0.267. The number of aromatic amines is 1. The third-order valence-electron chi connectivity index (χ3n) is 2.41. The second-order valence-electron chi connectivity index (χ2n) is 3.61. The van der Waals surface area contributed by atoms with Gasteiger partial charge in [0.15, 0.2) is 5.69 Å². The highest BCUT2D eigenvalue weighted by Gasteiger charge is 2.08. The predicted octanol–water partition coefficient (Wildman–Crippen LogP) is 1.67. The van der Waals surface area contributed by atoms with Crippen molar-refractivity contribution in [1.29, 1.82) is 0 Å². The van der Waals surface area contributed by atoms with Crippen LogP contribution < -0.4 is 5.32 Å². The molecular weight excluding hydrogens is 204 g/mol. The molecule has 0 unspecified atom stereocenters. The summed E-state index contributed by atoms with van der Waals surface area (Å²) in [6, 6.07) is 5.75. The Morgan fingerprint density at radius 2 is 2.12 bits per heavy atom. The molecule has 0 aliphatic carbocycles. The Hall–Kier alpha value is -2.17. The van der Waals surface area contributed by atoms with E-state index in [-0.39, 0.29) is 11.6 Å². The zero-order chi connectivity index (χ0) is 11.5. The van der Waals surface area contributed by atoms with Crippen LogP contribution in [0.2, 0.25) is 0 Å². The number of amides is 1. The first-order valence-corrected chi connectivity index (χ1v) is 4.91. The SMILES string of the molecule is Cc1ccc(NC(=O)c2cn[nH]n2)cc1C. The Morgan fingerprint density at radius 1 is 1.31 bits per heavy atom. The normalized spacial score (nSPS) is 10.1. The average Bonchev–Trinajstić information content (AvgIpc) is 2.77. The van der Waals surface area contributed by atoms with Gasteiger partial charge in [-0.25, -0.2) is 0 Å². The Balaban J connectivity index is 2.15. The van der Waals surface area contributed by atoms with Crippen LogP contribution in [-0.2, 0) is 0 Å². The number of anilines is 1. The summed E-state index contributed by atoms with van der Waals surface area (Å²) in [7, 11) is 0. The zero-order valence-electron chi connectivity index (χ0n) is 9.11. The molecule has 0 spiro atoms. The standard InChI is InChI=1S/C11H12N4O/c1-7-3-4-9(5-8(7)2)13-11(16)10-6-12-15-14-10/h3-6H,1-2H3,(H,13,16)(H,12,14,15). The molecule has 1 amide bonds. The number of carbonyl (C=O) groups is 1. The molecular formula is C11H12N4O. The summed E-state index contributed by atoms with van der Waals surface area (Å²) in [4.78, 5) is 11.6. The molecule has 0 aliphatic rings. The Labute approximate surface area is 92.9 Å². The van der Waals surface area contributed by atoms with Gasteiger partial charge in [-0.1, -0.05) is 6.07 Å². The van der Waals surface area contributed by atoms with E-state index in [1.54, 1.807) is 0 Å². The van der Waals surface area contributed by atoms with Crippen molar-refractivity contribution in [1.82, 2.24) is 15.4 Å². The van der Waals surface area contributed by atoms with Gasteiger partial charge in [0.2, 0.25) is 0 Å². The van der Waals surface area contributed by atoms with E-state index in [0.717, 1.165) is 11.3 Å². The van der Waals surface area contributed by atoms with Gasteiger partial charge < -0.3 is 5.32 Å². The fourth-order valence-corrected chi connectivity index (χ4v) is 1.33. The van der Waals surface area contributed by atoms with E-state index in [1.165, 1.54) is 11.8 Å². The van der Waals surface area contributed by atoms with Crippen molar-refractivity contribution in [2.24, 2.45) is 0 Å². The smallest absolute Gasteiger partial charge is 0.277 e. The number of aryl methyl sites for hydroxylation is 2. The maximum Gasteiger partial charge on any atom is 0.277 e. The second-order valence-corrected chi connectivity index (χ2v) is 3.61. The van der Waals surface area contributed by atoms with Gasteiger partial charge in [-0.05, 0) is 37.1 Å². The van der Waals surface area contributed by atoms with Crippen molar-refractivity contribution < 1.29 is 4.79 Å². The Bertz CT molecular complexity index is 505. The van der Waals surface area contributed by atoms with E-state index >= 15 is 0 Å². The van der Waals surface area contributed by atoms with Gasteiger partial charge >= 0.3 is 0 Å². The quantitative estimate of drug-likeness (QED) is 0.802. The van der Waals surface area contributed by atoms with Crippen LogP contribution in [0.25, 0.3) is 0 Å². The molecule has 0 atom stereocenters. The Morgan fingerprint density at radius 3 is 2.75 bits per heavy atom. The summed E-state index contributed by atoms with van der Waals surface area (Å²) in [5.74, 6) is -0.267. The third kappa shape index (κ3) is 2.08. The molecule has 1 aromatic heterocycles. The maximum atomic E-state index is 11.6. The van der Waals surface area contributed by atoms with E-state index < -0.39 is 0 Å². The van der Waals surface area contributed by atoms with Gasteiger partial charge in [-0.15, -0.1) is 0 Å². The largest absolute Gasteiger partial charge is 0.321 e. The fraction of sp³-hybridized carbons (Fsp3) is 0.182. The van der Waals surface area contributed by atoms with Crippen LogP contribution in [0.15, 0.2) is 24.4 Å². The van der Waals surface area contributed by atoms with Gasteiger partial charge in [-0.2, -0.15) is 15.4 Å². The van der Waals surface area contributed by atoms with Crippen molar-refractivity contribution >= 4 is 11.6 Å². The number of rotatable bonds is 2. The molecule has 0 saturated carbocycles. The van der Waals surface area contributed by atoms with Crippen LogP contribution in [0.5, 0.6) is 0 Å². The summed E-state index contributed by atoms with van der Waals surface area (Å²) < 4.78 is 0. The minimum atomic E-state index is -0.267. The molecule has 0 fully saturated rings. The summed E-state index contributed by atoms with van der Waals surface area (Å²) in [5, 5.41) is 12.4. The first-order chi connectivity index (χ1) is 7.66. The van der Waals surface area contributed by atoms with Crippen LogP contribution in [0, 0.1) is 13.8 Å². The number of aromatic nitrogens is 3. The average molecular weight is 216 g/mol. The van der Waals surface area contributed by atoms with Gasteiger partial charge in [0.05, 0.1) is 6.20 Å². The van der Waals surface area contributed by atoms with E-state index in [9.17, 15) is 4.79 Å². The lowest BCUT2D eigenvalue weighted by Gasteiger charge is -2.05. The van der Waals surface area contributed by atoms with E-state index in [1.807, 2.05) is 32.0 Å². The molecule has 2 aromatic rings. The molecule has 2 N–H and O–H groups in total. The number of hydrogen-bond acceptors (Lipinski definition) is 3. The maximum absolute atomic E-state index is 11.6. The van der Waals surface area contributed by atoms with Crippen molar-refractivity contribution in [2.75, 3.05) is 5.32 Å². The molecule has 1 heterocycles.